The maximum Gasteiger partial charge on any atom is 0.315 e. The van der Waals surface area contributed by atoms with E-state index in [1.165, 1.54) is 0 Å². The van der Waals surface area contributed by atoms with Crippen LogP contribution < -0.4 is 5.32 Å². The Morgan fingerprint density at radius 2 is 1.63 bits per heavy atom. The summed E-state index contributed by atoms with van der Waals surface area (Å²) in [5.41, 5.74) is 2.09. The Morgan fingerprint density at radius 3 is 2.37 bits per heavy atom. The van der Waals surface area contributed by atoms with Crippen LogP contribution in [-0.4, -0.2) is 17.0 Å². The normalized spacial score (nSPS) is 16.8. The Morgan fingerprint density at radius 1 is 1.00 bits per heavy atom. The summed E-state index contributed by atoms with van der Waals surface area (Å²) in [5, 5.41) is 12.3. The van der Waals surface area contributed by atoms with Gasteiger partial charge in [0.1, 0.15) is 5.92 Å². The minimum absolute atomic E-state index is 0.271. The molecule has 0 fully saturated rings. The third-order valence-corrected chi connectivity index (χ3v) is 3.28. The van der Waals surface area contributed by atoms with Gasteiger partial charge in [-0.3, -0.25) is 9.59 Å². The van der Waals surface area contributed by atoms with Crippen LogP contribution in [0.5, 0.6) is 0 Å². The maximum atomic E-state index is 12.1. The van der Waals surface area contributed by atoms with Crippen LogP contribution in [0.2, 0.25) is 0 Å². The van der Waals surface area contributed by atoms with Crippen LogP contribution in [0.1, 0.15) is 27.4 Å². The van der Waals surface area contributed by atoms with Gasteiger partial charge >= 0.3 is 5.97 Å². The third-order valence-electron chi connectivity index (χ3n) is 3.28. The van der Waals surface area contributed by atoms with E-state index in [-0.39, 0.29) is 5.91 Å². The summed E-state index contributed by atoms with van der Waals surface area (Å²) >= 11 is 0. The smallest absolute Gasteiger partial charge is 0.315 e. The number of carboxylic acids is 1. The molecule has 0 radical (unpaired) electrons. The maximum absolute atomic E-state index is 12.1. The molecule has 94 valence electrons. The molecule has 0 saturated carbocycles. The number of carbonyl (C=O) groups is 2. The molecule has 0 spiro atoms. The first-order valence-corrected chi connectivity index (χ1v) is 5.90. The molecule has 1 heterocycles. The lowest BCUT2D eigenvalue weighted by Crippen LogP contribution is -2.14. The molecule has 0 bridgehead atoms. The van der Waals surface area contributed by atoms with Gasteiger partial charge in [0.25, 0.3) is 5.91 Å². The summed E-state index contributed by atoms with van der Waals surface area (Å²) in [5.74, 6) is -2.06. The number of carboxylic acid groups (broad SMARTS) is 1. The summed E-state index contributed by atoms with van der Waals surface area (Å²) in [6.45, 7) is 0. The lowest BCUT2D eigenvalue weighted by molar-refractivity contribution is -0.137. The molecular formula is C15H11NO3. The molecule has 1 atom stereocenters. The summed E-state index contributed by atoms with van der Waals surface area (Å²) < 4.78 is 0. The van der Waals surface area contributed by atoms with Crippen molar-refractivity contribution in [3.05, 3.63) is 65.2 Å². The van der Waals surface area contributed by atoms with E-state index in [4.69, 9.17) is 0 Å². The Bertz CT molecular complexity index is 679. The lowest BCUT2D eigenvalue weighted by Gasteiger charge is -2.14. The Hall–Kier alpha value is -2.62. The zero-order chi connectivity index (χ0) is 13.4. The van der Waals surface area contributed by atoms with Crippen molar-refractivity contribution in [3.63, 3.8) is 0 Å². The molecule has 0 aromatic heterocycles. The summed E-state index contributed by atoms with van der Waals surface area (Å²) in [4.78, 5) is 23.7. The fraction of sp³-hybridized carbons (Fsp3) is 0.0667. The molecule has 2 aromatic rings. The lowest BCUT2D eigenvalue weighted by atomic mass is 9.88. The first-order chi connectivity index (χ1) is 9.18. The van der Waals surface area contributed by atoms with Gasteiger partial charge in [0.2, 0.25) is 0 Å². The molecule has 4 heteroatoms. The van der Waals surface area contributed by atoms with E-state index < -0.39 is 11.9 Å². The molecule has 3 rings (SSSR count). The highest BCUT2D eigenvalue weighted by atomic mass is 16.4. The molecule has 2 aromatic carbocycles. The SMILES string of the molecule is O=C1Nc2ccccc2C(C(=O)O)c2ccccc21. The largest absolute Gasteiger partial charge is 0.481 e. The first-order valence-electron chi connectivity index (χ1n) is 5.90. The number of carbonyl (C=O) groups excluding carboxylic acids is 1. The highest BCUT2D eigenvalue weighted by Gasteiger charge is 2.31. The minimum atomic E-state index is -0.962. The van der Waals surface area contributed by atoms with Crippen LogP contribution in [0.4, 0.5) is 5.69 Å². The number of amides is 1. The van der Waals surface area contributed by atoms with Crippen molar-refractivity contribution < 1.29 is 14.7 Å². The zero-order valence-electron chi connectivity index (χ0n) is 9.96. The van der Waals surface area contributed by atoms with Crippen LogP contribution in [0.25, 0.3) is 0 Å². The zero-order valence-corrected chi connectivity index (χ0v) is 9.96. The van der Waals surface area contributed by atoms with Crippen molar-refractivity contribution in [1.29, 1.82) is 0 Å². The van der Waals surface area contributed by atoms with Gasteiger partial charge in [0, 0.05) is 11.3 Å². The van der Waals surface area contributed by atoms with Gasteiger partial charge < -0.3 is 10.4 Å². The second-order valence-corrected chi connectivity index (χ2v) is 4.40. The molecule has 1 aliphatic rings. The predicted octanol–water partition coefficient (Wildman–Crippen LogP) is 2.47. The Balaban J connectivity index is 2.32. The van der Waals surface area contributed by atoms with E-state index >= 15 is 0 Å². The van der Waals surface area contributed by atoms with Crippen LogP contribution in [0.15, 0.2) is 48.5 Å². The van der Waals surface area contributed by atoms with Gasteiger partial charge in [-0.2, -0.15) is 0 Å². The number of anilines is 1. The predicted molar refractivity (Wildman–Crippen MR) is 70.3 cm³/mol. The summed E-state index contributed by atoms with van der Waals surface area (Å²) in [7, 11) is 0. The summed E-state index contributed by atoms with van der Waals surface area (Å²) in [6.07, 6.45) is 0. The molecule has 0 aliphatic carbocycles. The van der Waals surface area contributed by atoms with Crippen LogP contribution >= 0.6 is 0 Å². The van der Waals surface area contributed by atoms with Gasteiger partial charge in [-0.05, 0) is 23.3 Å². The monoisotopic (exact) mass is 253 g/mol. The topological polar surface area (TPSA) is 66.4 Å². The van der Waals surface area contributed by atoms with E-state index in [0.29, 0.717) is 22.4 Å². The number of fused-ring (bicyclic) bond motifs is 2. The van der Waals surface area contributed by atoms with Crippen LogP contribution in [-0.2, 0) is 4.79 Å². The van der Waals surface area contributed by atoms with Gasteiger partial charge in [0.05, 0.1) is 0 Å². The fourth-order valence-corrected chi connectivity index (χ4v) is 2.44. The number of hydrogen-bond donors (Lipinski definition) is 2. The number of benzene rings is 2. The van der Waals surface area contributed by atoms with E-state index in [0.717, 1.165) is 0 Å². The summed E-state index contributed by atoms with van der Waals surface area (Å²) in [6, 6.07) is 13.8. The van der Waals surface area contributed by atoms with Gasteiger partial charge in [0.15, 0.2) is 0 Å². The van der Waals surface area contributed by atoms with Crippen molar-refractivity contribution in [3.8, 4) is 0 Å². The van der Waals surface area contributed by atoms with E-state index in [2.05, 4.69) is 5.32 Å². The second kappa shape index (κ2) is 4.24. The number of nitrogens with one attached hydrogen (secondary N) is 1. The number of para-hydroxylation sites is 1. The van der Waals surface area contributed by atoms with Crippen molar-refractivity contribution >= 4 is 17.6 Å². The van der Waals surface area contributed by atoms with Crippen molar-refractivity contribution in [2.45, 2.75) is 5.92 Å². The second-order valence-electron chi connectivity index (χ2n) is 4.40. The average molecular weight is 253 g/mol. The molecule has 0 saturated heterocycles. The molecule has 1 amide bonds. The van der Waals surface area contributed by atoms with E-state index in [1.54, 1.807) is 48.5 Å². The highest BCUT2D eigenvalue weighted by Crippen LogP contribution is 2.35. The van der Waals surface area contributed by atoms with Crippen LogP contribution in [0, 0.1) is 0 Å². The van der Waals surface area contributed by atoms with Crippen molar-refractivity contribution in [2.24, 2.45) is 0 Å². The quantitative estimate of drug-likeness (QED) is 0.820. The molecule has 2 N–H and O–H groups in total. The molecule has 19 heavy (non-hydrogen) atoms. The highest BCUT2D eigenvalue weighted by molar-refractivity contribution is 6.08. The average Bonchev–Trinajstić information content (AvgIpc) is 2.53. The van der Waals surface area contributed by atoms with E-state index in [1.807, 2.05) is 0 Å². The van der Waals surface area contributed by atoms with E-state index in [9.17, 15) is 14.7 Å². The van der Waals surface area contributed by atoms with Gasteiger partial charge in [-0.15, -0.1) is 0 Å². The molecule has 4 nitrogen and oxygen atoms in total. The fourth-order valence-electron chi connectivity index (χ4n) is 2.44. The van der Waals surface area contributed by atoms with Gasteiger partial charge in [-0.25, -0.2) is 0 Å². The molecular weight excluding hydrogens is 242 g/mol. The number of rotatable bonds is 1. The van der Waals surface area contributed by atoms with Crippen molar-refractivity contribution in [2.75, 3.05) is 5.32 Å². The van der Waals surface area contributed by atoms with Crippen LogP contribution in [0.3, 0.4) is 0 Å². The minimum Gasteiger partial charge on any atom is -0.481 e. The third kappa shape index (κ3) is 1.78. The van der Waals surface area contributed by atoms with Gasteiger partial charge in [-0.1, -0.05) is 36.4 Å². The Kier molecular flexibility index (Phi) is 2.56. The first kappa shape index (κ1) is 11.5. The number of aliphatic carboxylic acids is 1. The standard InChI is InChI=1S/C15H11NO3/c17-14-10-6-2-1-5-9(10)13(15(18)19)11-7-3-4-8-12(11)16-14/h1-8,13H,(H,16,17)(H,18,19). The molecule has 1 aliphatic heterocycles. The molecule has 1 unspecified atom stereocenters. The number of hydrogen-bond acceptors (Lipinski definition) is 2. The Labute approximate surface area is 109 Å². The van der Waals surface area contributed by atoms with Crippen molar-refractivity contribution in [1.82, 2.24) is 0 Å².